The lowest BCUT2D eigenvalue weighted by Gasteiger charge is -2.14. The number of halogens is 1. The fourth-order valence-corrected chi connectivity index (χ4v) is 2.59. The molecule has 3 aromatic rings. The van der Waals surface area contributed by atoms with Crippen LogP contribution in [0.5, 0.6) is 0 Å². The molecule has 7 nitrogen and oxygen atoms in total. The second-order valence-corrected chi connectivity index (χ2v) is 5.57. The zero-order valence-electron chi connectivity index (χ0n) is 14.7. The van der Waals surface area contributed by atoms with Crippen LogP contribution in [0.25, 0.3) is 5.69 Å². The first-order valence-electron chi connectivity index (χ1n) is 8.35. The molecule has 0 atom stereocenters. The van der Waals surface area contributed by atoms with E-state index in [1.165, 1.54) is 5.56 Å². The summed E-state index contributed by atoms with van der Waals surface area (Å²) in [5.41, 5.74) is 2.29. The molecule has 0 fully saturated rings. The molecule has 26 heavy (non-hydrogen) atoms. The Hall–Kier alpha value is -2.36. The average Bonchev–Trinajstić information content (AvgIpc) is 3.35. The van der Waals surface area contributed by atoms with Gasteiger partial charge in [0.25, 0.3) is 0 Å². The number of hydrogen-bond donors (Lipinski definition) is 2. The predicted octanol–water partition coefficient (Wildman–Crippen LogP) is 2.44. The van der Waals surface area contributed by atoms with E-state index >= 15 is 0 Å². The maximum absolute atomic E-state index is 4.28. The van der Waals surface area contributed by atoms with Gasteiger partial charge in [-0.3, -0.25) is 9.67 Å². The van der Waals surface area contributed by atoms with Crippen LogP contribution < -0.4 is 10.6 Å². The van der Waals surface area contributed by atoms with Crippen LogP contribution in [0, 0.1) is 0 Å². The van der Waals surface area contributed by atoms with Crippen LogP contribution in [0.4, 0.5) is 0 Å². The number of guanidine groups is 1. The van der Waals surface area contributed by atoms with Crippen LogP contribution in [0.2, 0.25) is 0 Å². The van der Waals surface area contributed by atoms with E-state index in [0.29, 0.717) is 6.54 Å². The molecule has 0 spiro atoms. The molecular weight excluding hydrogens is 441 g/mol. The molecule has 2 N–H and O–H groups in total. The summed E-state index contributed by atoms with van der Waals surface area (Å²) in [6.45, 7) is 2.41. The molecule has 8 heteroatoms. The molecule has 0 saturated carbocycles. The van der Waals surface area contributed by atoms with Gasteiger partial charge in [0.1, 0.15) is 0 Å². The Morgan fingerprint density at radius 2 is 2.00 bits per heavy atom. The van der Waals surface area contributed by atoms with E-state index < -0.39 is 0 Å². The van der Waals surface area contributed by atoms with Crippen LogP contribution in [0.15, 0.2) is 66.4 Å². The molecule has 0 aliphatic rings. The minimum Gasteiger partial charge on any atom is -0.356 e. The second-order valence-electron chi connectivity index (χ2n) is 5.57. The minimum atomic E-state index is 0. The second kappa shape index (κ2) is 10.6. The summed E-state index contributed by atoms with van der Waals surface area (Å²) in [6, 6.07) is 10.2. The van der Waals surface area contributed by atoms with Gasteiger partial charge in [0.05, 0.1) is 12.0 Å². The van der Waals surface area contributed by atoms with E-state index in [0.717, 1.165) is 31.2 Å². The highest BCUT2D eigenvalue weighted by Gasteiger charge is 2.05. The lowest BCUT2D eigenvalue weighted by molar-refractivity contribution is 0.570. The summed E-state index contributed by atoms with van der Waals surface area (Å²) in [4.78, 5) is 8.40. The van der Waals surface area contributed by atoms with Crippen molar-refractivity contribution in [3.05, 3.63) is 67.0 Å². The number of hydrogen-bond acceptors (Lipinski definition) is 3. The van der Waals surface area contributed by atoms with E-state index in [1.54, 1.807) is 25.8 Å². The van der Waals surface area contributed by atoms with E-state index in [2.05, 4.69) is 37.8 Å². The molecule has 138 valence electrons. The summed E-state index contributed by atoms with van der Waals surface area (Å²) in [6.07, 6.45) is 10.3. The standard InChI is InChI=1S/C18H23N7.HI/c1-19-18(21-8-4-11-25-12-5-9-23-25)22-14-16-6-2-3-7-17(16)24-13-10-20-15-24;/h2-3,5-7,9-10,12-13,15H,4,8,11,14H2,1H3,(H2,19,21,22);1H. The quantitative estimate of drug-likeness (QED) is 0.244. The highest BCUT2D eigenvalue weighted by Crippen LogP contribution is 2.13. The minimum absolute atomic E-state index is 0. The Morgan fingerprint density at radius 1 is 1.12 bits per heavy atom. The van der Waals surface area contributed by atoms with Crippen molar-refractivity contribution in [3.63, 3.8) is 0 Å². The Morgan fingerprint density at radius 3 is 2.73 bits per heavy atom. The molecule has 2 heterocycles. The SMILES string of the molecule is CN=C(NCCCn1cccn1)NCc1ccccc1-n1ccnc1.I. The molecule has 0 aliphatic heterocycles. The lowest BCUT2D eigenvalue weighted by Crippen LogP contribution is -2.37. The van der Waals surface area contributed by atoms with Gasteiger partial charge in [0.2, 0.25) is 0 Å². The first-order chi connectivity index (χ1) is 12.4. The molecule has 2 aromatic heterocycles. The van der Waals surface area contributed by atoms with Gasteiger partial charge in [0, 0.05) is 51.5 Å². The fourth-order valence-electron chi connectivity index (χ4n) is 2.59. The molecule has 1 aromatic carbocycles. The van der Waals surface area contributed by atoms with Gasteiger partial charge >= 0.3 is 0 Å². The number of aliphatic imine (C=N–C) groups is 1. The number of imidazole rings is 1. The zero-order valence-corrected chi connectivity index (χ0v) is 17.1. The molecule has 0 bridgehead atoms. The van der Waals surface area contributed by atoms with Gasteiger partial charge in [-0.1, -0.05) is 18.2 Å². The predicted molar refractivity (Wildman–Crippen MR) is 114 cm³/mol. The van der Waals surface area contributed by atoms with Crippen LogP contribution in [0.3, 0.4) is 0 Å². The van der Waals surface area contributed by atoms with E-state index in [1.807, 2.05) is 39.8 Å². The van der Waals surface area contributed by atoms with Crippen LogP contribution in [-0.2, 0) is 13.1 Å². The topological polar surface area (TPSA) is 72.1 Å². The van der Waals surface area contributed by atoms with Crippen molar-refractivity contribution in [3.8, 4) is 5.69 Å². The number of benzene rings is 1. The first kappa shape index (κ1) is 20.0. The zero-order chi connectivity index (χ0) is 17.3. The Labute approximate surface area is 170 Å². The number of nitrogens with zero attached hydrogens (tertiary/aromatic N) is 5. The fraction of sp³-hybridized carbons (Fsp3) is 0.278. The summed E-state index contributed by atoms with van der Waals surface area (Å²) in [7, 11) is 1.78. The molecule has 0 saturated heterocycles. The normalized spacial score (nSPS) is 11.0. The number of nitrogens with one attached hydrogen (secondary N) is 2. The summed E-state index contributed by atoms with van der Waals surface area (Å²) in [5.74, 6) is 0.792. The summed E-state index contributed by atoms with van der Waals surface area (Å²) in [5, 5.41) is 10.9. The molecular formula is C18H24IN7. The Kier molecular flexibility index (Phi) is 8.13. The van der Waals surface area contributed by atoms with Gasteiger partial charge in [0.15, 0.2) is 5.96 Å². The highest BCUT2D eigenvalue weighted by atomic mass is 127. The summed E-state index contributed by atoms with van der Waals surface area (Å²) >= 11 is 0. The first-order valence-corrected chi connectivity index (χ1v) is 8.35. The van der Waals surface area contributed by atoms with Crippen LogP contribution >= 0.6 is 24.0 Å². The van der Waals surface area contributed by atoms with Crippen LogP contribution in [0.1, 0.15) is 12.0 Å². The van der Waals surface area contributed by atoms with Crippen molar-refractivity contribution in [2.45, 2.75) is 19.5 Å². The van der Waals surface area contributed by atoms with Crippen molar-refractivity contribution >= 4 is 29.9 Å². The monoisotopic (exact) mass is 465 g/mol. The average molecular weight is 465 g/mol. The third-order valence-corrected chi connectivity index (χ3v) is 3.86. The molecule has 0 aliphatic carbocycles. The van der Waals surface area contributed by atoms with E-state index in [4.69, 9.17) is 0 Å². The van der Waals surface area contributed by atoms with Gasteiger partial charge in [-0.05, 0) is 24.1 Å². The van der Waals surface area contributed by atoms with Crippen molar-refractivity contribution < 1.29 is 0 Å². The molecule has 3 rings (SSSR count). The van der Waals surface area contributed by atoms with Crippen molar-refractivity contribution in [2.75, 3.05) is 13.6 Å². The van der Waals surface area contributed by atoms with Crippen molar-refractivity contribution in [1.29, 1.82) is 0 Å². The summed E-state index contributed by atoms with van der Waals surface area (Å²) < 4.78 is 3.94. The Balaban J connectivity index is 0.00000243. The third-order valence-electron chi connectivity index (χ3n) is 3.86. The highest BCUT2D eigenvalue weighted by molar-refractivity contribution is 14.0. The number of rotatable bonds is 7. The lowest BCUT2D eigenvalue weighted by atomic mass is 10.1. The van der Waals surface area contributed by atoms with Gasteiger partial charge in [-0.25, -0.2) is 4.98 Å². The number of aromatic nitrogens is 4. The van der Waals surface area contributed by atoms with Gasteiger partial charge < -0.3 is 15.2 Å². The Bertz CT molecular complexity index is 782. The number of aryl methyl sites for hydroxylation is 1. The molecule has 0 radical (unpaired) electrons. The molecule has 0 unspecified atom stereocenters. The van der Waals surface area contributed by atoms with Crippen molar-refractivity contribution in [1.82, 2.24) is 30.0 Å². The largest absolute Gasteiger partial charge is 0.356 e. The van der Waals surface area contributed by atoms with E-state index in [-0.39, 0.29) is 24.0 Å². The smallest absolute Gasteiger partial charge is 0.191 e. The van der Waals surface area contributed by atoms with Crippen LogP contribution in [-0.4, -0.2) is 38.9 Å². The van der Waals surface area contributed by atoms with Crippen molar-refractivity contribution in [2.24, 2.45) is 4.99 Å². The van der Waals surface area contributed by atoms with Gasteiger partial charge in [-0.2, -0.15) is 5.10 Å². The maximum atomic E-state index is 4.28. The maximum Gasteiger partial charge on any atom is 0.191 e. The third kappa shape index (κ3) is 5.58. The molecule has 0 amide bonds. The van der Waals surface area contributed by atoms with Gasteiger partial charge in [-0.15, -0.1) is 24.0 Å². The van der Waals surface area contributed by atoms with E-state index in [9.17, 15) is 0 Å². The number of para-hydroxylation sites is 1.